The van der Waals surface area contributed by atoms with Gasteiger partial charge in [-0.2, -0.15) is 0 Å². The van der Waals surface area contributed by atoms with Crippen LogP contribution in [0.3, 0.4) is 0 Å². The van der Waals surface area contributed by atoms with Crippen LogP contribution in [0.4, 0.5) is 0 Å². The Labute approximate surface area is 146 Å². The van der Waals surface area contributed by atoms with Crippen LogP contribution in [0.5, 0.6) is 0 Å². The first-order chi connectivity index (χ1) is 11.7. The van der Waals surface area contributed by atoms with E-state index in [1.807, 2.05) is 31.3 Å². The number of nitrogens with zero attached hydrogens (tertiary/aromatic N) is 2. The Morgan fingerprint density at radius 2 is 2.25 bits per heavy atom. The van der Waals surface area contributed by atoms with Gasteiger partial charge in [0.2, 0.25) is 5.91 Å². The van der Waals surface area contributed by atoms with Gasteiger partial charge in [-0.3, -0.25) is 4.79 Å². The van der Waals surface area contributed by atoms with Crippen LogP contribution in [0.2, 0.25) is 0 Å². The third-order valence-corrected chi connectivity index (χ3v) is 5.62. The number of imidazole rings is 1. The molecular formula is C18H23N3O2S. The first kappa shape index (κ1) is 17.0. The van der Waals surface area contributed by atoms with Crippen LogP contribution < -0.4 is 5.73 Å². The van der Waals surface area contributed by atoms with Crippen LogP contribution in [-0.2, 0) is 16.1 Å². The monoisotopic (exact) mass is 345 g/mol. The van der Waals surface area contributed by atoms with Crippen molar-refractivity contribution in [1.82, 2.24) is 9.55 Å². The molecule has 0 unspecified atom stereocenters. The topological polar surface area (TPSA) is 70.1 Å². The molecule has 1 fully saturated rings. The first-order valence-corrected chi connectivity index (χ1v) is 9.25. The van der Waals surface area contributed by atoms with Crippen molar-refractivity contribution in [1.29, 1.82) is 0 Å². The fourth-order valence-electron chi connectivity index (χ4n) is 2.93. The lowest BCUT2D eigenvalue weighted by atomic mass is 10.1. The van der Waals surface area contributed by atoms with E-state index < -0.39 is 0 Å². The molecule has 0 aliphatic carbocycles. The standard InChI is InChI=1S/C18H23N3O2S/c1-2-16(17(19)22)24-18-20-11-15(13-7-4-3-5-8-13)21(18)12-14-9-6-10-23-14/h3-5,7-8,11,14,16H,2,6,9-10,12H2,1H3,(H2,19,22)/t14-,16-/m1/s1. The Kier molecular flexibility index (Phi) is 5.58. The number of carbonyl (C=O) groups excluding carboxylic acids is 1. The Morgan fingerprint density at radius 3 is 2.88 bits per heavy atom. The van der Waals surface area contributed by atoms with Crippen molar-refractivity contribution >= 4 is 17.7 Å². The van der Waals surface area contributed by atoms with Crippen molar-refractivity contribution in [2.24, 2.45) is 5.73 Å². The summed E-state index contributed by atoms with van der Waals surface area (Å²) >= 11 is 1.44. The van der Waals surface area contributed by atoms with Crippen molar-refractivity contribution in [2.45, 2.75) is 49.2 Å². The molecule has 128 valence electrons. The van der Waals surface area contributed by atoms with Crippen molar-refractivity contribution < 1.29 is 9.53 Å². The number of nitrogens with two attached hydrogens (primary N) is 1. The van der Waals surface area contributed by atoms with Crippen LogP contribution >= 0.6 is 11.8 Å². The van der Waals surface area contributed by atoms with Crippen LogP contribution in [0.25, 0.3) is 11.3 Å². The molecule has 1 aromatic carbocycles. The van der Waals surface area contributed by atoms with Crippen molar-refractivity contribution in [3.63, 3.8) is 0 Å². The zero-order valence-electron chi connectivity index (χ0n) is 13.9. The summed E-state index contributed by atoms with van der Waals surface area (Å²) in [7, 11) is 0. The predicted octanol–water partition coefficient (Wildman–Crippen LogP) is 3.09. The minimum Gasteiger partial charge on any atom is -0.376 e. The van der Waals surface area contributed by atoms with E-state index in [0.717, 1.165) is 42.4 Å². The number of aromatic nitrogens is 2. The van der Waals surface area contributed by atoms with Gasteiger partial charge in [-0.1, -0.05) is 49.0 Å². The van der Waals surface area contributed by atoms with Crippen molar-refractivity contribution in [3.8, 4) is 11.3 Å². The zero-order chi connectivity index (χ0) is 16.9. The van der Waals surface area contributed by atoms with Gasteiger partial charge in [0.05, 0.1) is 29.8 Å². The highest BCUT2D eigenvalue weighted by atomic mass is 32.2. The number of amides is 1. The third-order valence-electron chi connectivity index (χ3n) is 4.23. The molecular weight excluding hydrogens is 322 g/mol. The second kappa shape index (κ2) is 7.85. The first-order valence-electron chi connectivity index (χ1n) is 8.37. The summed E-state index contributed by atoms with van der Waals surface area (Å²) in [5.41, 5.74) is 7.67. The second-order valence-electron chi connectivity index (χ2n) is 5.95. The third kappa shape index (κ3) is 3.82. The lowest BCUT2D eigenvalue weighted by Gasteiger charge is -2.17. The minimum atomic E-state index is -0.296. The van der Waals surface area contributed by atoms with Gasteiger partial charge in [0, 0.05) is 6.61 Å². The van der Waals surface area contributed by atoms with Crippen LogP contribution in [-0.4, -0.2) is 33.4 Å². The summed E-state index contributed by atoms with van der Waals surface area (Å²) in [4.78, 5) is 16.2. The molecule has 2 aromatic rings. The van der Waals surface area contributed by atoms with Crippen LogP contribution in [0, 0.1) is 0 Å². The number of ether oxygens (including phenoxy) is 1. The van der Waals surface area contributed by atoms with E-state index in [-0.39, 0.29) is 17.3 Å². The largest absolute Gasteiger partial charge is 0.376 e. The SMILES string of the molecule is CC[C@@H](Sc1ncc(-c2ccccc2)n1C[C@H]1CCCO1)C(N)=O. The van der Waals surface area contributed by atoms with Gasteiger partial charge in [-0.15, -0.1) is 0 Å². The van der Waals surface area contributed by atoms with Crippen molar-refractivity contribution in [3.05, 3.63) is 36.5 Å². The van der Waals surface area contributed by atoms with Gasteiger partial charge in [0.15, 0.2) is 5.16 Å². The maximum Gasteiger partial charge on any atom is 0.231 e. The zero-order valence-corrected chi connectivity index (χ0v) is 14.7. The van der Waals surface area contributed by atoms with Gasteiger partial charge in [-0.05, 0) is 24.8 Å². The van der Waals surface area contributed by atoms with Gasteiger partial charge in [0.1, 0.15) is 0 Å². The molecule has 2 heterocycles. The van der Waals surface area contributed by atoms with E-state index in [4.69, 9.17) is 10.5 Å². The number of hydrogen-bond donors (Lipinski definition) is 1. The molecule has 1 aliphatic rings. The van der Waals surface area contributed by atoms with E-state index >= 15 is 0 Å². The average Bonchev–Trinajstić information content (AvgIpc) is 3.24. The van der Waals surface area contributed by atoms with E-state index in [9.17, 15) is 4.79 Å². The number of thioether (sulfide) groups is 1. The lowest BCUT2D eigenvalue weighted by molar-refractivity contribution is -0.117. The maximum absolute atomic E-state index is 11.6. The predicted molar refractivity (Wildman–Crippen MR) is 95.8 cm³/mol. The molecule has 6 heteroatoms. The molecule has 3 rings (SSSR count). The molecule has 0 spiro atoms. The Balaban J connectivity index is 1.92. The van der Waals surface area contributed by atoms with E-state index in [1.165, 1.54) is 11.8 Å². The van der Waals surface area contributed by atoms with E-state index in [1.54, 1.807) is 0 Å². The summed E-state index contributed by atoms with van der Waals surface area (Å²) in [6.45, 7) is 3.54. The van der Waals surface area contributed by atoms with Gasteiger partial charge in [0.25, 0.3) is 0 Å². The second-order valence-corrected chi connectivity index (χ2v) is 7.12. The summed E-state index contributed by atoms with van der Waals surface area (Å²) < 4.78 is 7.97. The molecule has 0 saturated carbocycles. The minimum absolute atomic E-state index is 0.203. The van der Waals surface area contributed by atoms with Crippen LogP contribution in [0.15, 0.2) is 41.7 Å². The molecule has 1 saturated heterocycles. The summed E-state index contributed by atoms with van der Waals surface area (Å²) in [5, 5.41) is 0.564. The number of carbonyl (C=O) groups is 1. The quantitative estimate of drug-likeness (QED) is 0.783. The molecule has 0 radical (unpaired) electrons. The van der Waals surface area contributed by atoms with Crippen molar-refractivity contribution in [2.75, 3.05) is 6.61 Å². The normalized spacial score (nSPS) is 18.6. The average molecular weight is 345 g/mol. The molecule has 1 amide bonds. The summed E-state index contributed by atoms with van der Waals surface area (Å²) in [5.74, 6) is -0.296. The Morgan fingerprint density at radius 1 is 1.46 bits per heavy atom. The number of benzene rings is 1. The van der Waals surface area contributed by atoms with E-state index in [2.05, 4.69) is 21.7 Å². The lowest BCUT2D eigenvalue weighted by Crippen LogP contribution is -2.26. The summed E-state index contributed by atoms with van der Waals surface area (Å²) in [6.07, 6.45) is 4.92. The number of rotatable bonds is 7. The van der Waals surface area contributed by atoms with Gasteiger partial charge in [-0.25, -0.2) is 4.98 Å². The highest BCUT2D eigenvalue weighted by molar-refractivity contribution is 8.00. The molecule has 5 nitrogen and oxygen atoms in total. The van der Waals surface area contributed by atoms with Gasteiger partial charge >= 0.3 is 0 Å². The molecule has 24 heavy (non-hydrogen) atoms. The molecule has 0 bridgehead atoms. The molecule has 1 aliphatic heterocycles. The smallest absolute Gasteiger partial charge is 0.231 e. The summed E-state index contributed by atoms with van der Waals surface area (Å²) in [6, 6.07) is 10.2. The number of hydrogen-bond acceptors (Lipinski definition) is 4. The molecule has 2 atom stereocenters. The van der Waals surface area contributed by atoms with Crippen LogP contribution in [0.1, 0.15) is 26.2 Å². The molecule has 2 N–H and O–H groups in total. The molecule has 1 aromatic heterocycles. The Bertz CT molecular complexity index is 681. The highest BCUT2D eigenvalue weighted by Gasteiger charge is 2.23. The number of primary amides is 1. The fourth-order valence-corrected chi connectivity index (χ4v) is 3.88. The fraction of sp³-hybridized carbons (Fsp3) is 0.444. The Hall–Kier alpha value is -1.79. The van der Waals surface area contributed by atoms with E-state index in [0.29, 0.717) is 6.42 Å². The van der Waals surface area contributed by atoms with Gasteiger partial charge < -0.3 is 15.0 Å². The maximum atomic E-state index is 11.6. The highest BCUT2D eigenvalue weighted by Crippen LogP contribution is 2.31.